The van der Waals surface area contributed by atoms with Crippen molar-refractivity contribution in [2.24, 2.45) is 46.3 Å². The number of aliphatic hydroxyl groups is 2. The van der Waals surface area contributed by atoms with E-state index in [1.54, 1.807) is 0 Å². The fraction of sp³-hybridized carbons (Fsp3) is 0.870. The third-order valence-electron chi connectivity index (χ3n) is 9.50. The number of rotatable bonds is 3. The van der Waals surface area contributed by atoms with E-state index in [1.165, 1.54) is 0 Å². The third kappa shape index (κ3) is 2.81. The highest BCUT2D eigenvalue weighted by Crippen LogP contribution is 2.66. The zero-order valence-electron chi connectivity index (χ0n) is 17.0. The molecule has 0 amide bonds. The third-order valence-corrected chi connectivity index (χ3v) is 9.50. The number of hydrogen-bond donors (Lipinski definition) is 3. The smallest absolute Gasteiger partial charge is 0.303 e. The Bertz CT molecular complexity index is 630. The largest absolute Gasteiger partial charge is 0.481 e. The van der Waals surface area contributed by atoms with Crippen LogP contribution in [0.1, 0.15) is 65.7 Å². The molecular formula is C23H36O4. The normalized spacial score (nSPS) is 52.6. The molecule has 4 heteroatoms. The highest BCUT2D eigenvalue weighted by Gasteiger charge is 2.62. The number of aliphatic carboxylic acids is 1. The van der Waals surface area contributed by atoms with Crippen LogP contribution in [0.5, 0.6) is 0 Å². The summed E-state index contributed by atoms with van der Waals surface area (Å²) in [5, 5.41) is 30.8. The minimum absolute atomic E-state index is 0.101. The molecular weight excluding hydrogens is 340 g/mol. The Morgan fingerprint density at radius 2 is 1.85 bits per heavy atom. The molecule has 4 rings (SSSR count). The molecule has 3 fully saturated rings. The Kier molecular flexibility index (Phi) is 4.74. The topological polar surface area (TPSA) is 77.8 Å². The van der Waals surface area contributed by atoms with Gasteiger partial charge >= 0.3 is 5.97 Å². The van der Waals surface area contributed by atoms with Gasteiger partial charge < -0.3 is 15.3 Å². The van der Waals surface area contributed by atoms with Crippen LogP contribution in [0.15, 0.2) is 12.2 Å². The maximum Gasteiger partial charge on any atom is 0.303 e. The van der Waals surface area contributed by atoms with Crippen molar-refractivity contribution in [2.45, 2.75) is 77.9 Å². The van der Waals surface area contributed by atoms with Gasteiger partial charge in [0.15, 0.2) is 0 Å². The highest BCUT2D eigenvalue weighted by molar-refractivity contribution is 5.67. The summed E-state index contributed by atoms with van der Waals surface area (Å²) in [5.74, 6) is 1.46. The predicted molar refractivity (Wildman–Crippen MR) is 104 cm³/mol. The van der Waals surface area contributed by atoms with Crippen molar-refractivity contribution < 1.29 is 20.1 Å². The molecule has 152 valence electrons. The Labute approximate surface area is 163 Å². The predicted octanol–water partition coefficient (Wildman–Crippen LogP) is 3.86. The molecule has 27 heavy (non-hydrogen) atoms. The minimum atomic E-state index is -0.730. The van der Waals surface area contributed by atoms with Gasteiger partial charge in [-0.2, -0.15) is 0 Å². The van der Waals surface area contributed by atoms with Crippen LogP contribution in [0.25, 0.3) is 0 Å². The zero-order valence-corrected chi connectivity index (χ0v) is 17.0. The number of hydrogen-bond acceptors (Lipinski definition) is 3. The van der Waals surface area contributed by atoms with Crippen molar-refractivity contribution in [3.63, 3.8) is 0 Å². The standard InChI is InChI=1S/C23H36O4/c1-13(10-21(26)27)17-6-7-18-16-5-4-14-11-15(24)8-9-22(14,2)19(16)12-20(25)23(17,18)3/h4-5,13-20,24-25H,6-12H2,1-3H3,(H,26,27)/t13-,14-,15-,16+,17+,18-,19+,20+,22-,23+/m0/s1. The van der Waals surface area contributed by atoms with E-state index in [2.05, 4.69) is 32.9 Å². The van der Waals surface area contributed by atoms with Gasteiger partial charge in [0, 0.05) is 6.42 Å². The second-order valence-electron chi connectivity index (χ2n) is 10.6. The molecule has 0 spiro atoms. The van der Waals surface area contributed by atoms with Crippen LogP contribution >= 0.6 is 0 Å². The van der Waals surface area contributed by atoms with Crippen molar-refractivity contribution in [3.05, 3.63) is 12.2 Å². The molecule has 0 heterocycles. The molecule has 4 aliphatic carbocycles. The summed E-state index contributed by atoms with van der Waals surface area (Å²) in [5.41, 5.74) is -0.0104. The summed E-state index contributed by atoms with van der Waals surface area (Å²) in [6, 6.07) is 0. The van der Waals surface area contributed by atoms with Gasteiger partial charge in [-0.1, -0.05) is 32.9 Å². The lowest BCUT2D eigenvalue weighted by molar-refractivity contribution is -0.149. The van der Waals surface area contributed by atoms with Crippen molar-refractivity contribution in [2.75, 3.05) is 0 Å². The summed E-state index contributed by atoms with van der Waals surface area (Å²) in [4.78, 5) is 11.3. The van der Waals surface area contributed by atoms with Gasteiger partial charge in [-0.25, -0.2) is 0 Å². The van der Waals surface area contributed by atoms with Crippen LogP contribution in [-0.4, -0.2) is 33.5 Å². The summed E-state index contributed by atoms with van der Waals surface area (Å²) >= 11 is 0. The van der Waals surface area contributed by atoms with Crippen LogP contribution < -0.4 is 0 Å². The molecule has 0 bridgehead atoms. The van der Waals surface area contributed by atoms with E-state index >= 15 is 0 Å². The van der Waals surface area contributed by atoms with E-state index in [4.69, 9.17) is 0 Å². The molecule has 3 saturated carbocycles. The van der Waals surface area contributed by atoms with Gasteiger partial charge in [0.1, 0.15) is 0 Å². The van der Waals surface area contributed by atoms with Gasteiger partial charge in [-0.05, 0) is 84.9 Å². The van der Waals surface area contributed by atoms with Crippen molar-refractivity contribution in [1.82, 2.24) is 0 Å². The maximum atomic E-state index is 11.4. The summed E-state index contributed by atoms with van der Waals surface area (Å²) in [7, 11) is 0. The minimum Gasteiger partial charge on any atom is -0.481 e. The van der Waals surface area contributed by atoms with Crippen LogP contribution in [0.4, 0.5) is 0 Å². The van der Waals surface area contributed by atoms with E-state index in [0.29, 0.717) is 23.7 Å². The molecule has 0 aromatic heterocycles. The SMILES string of the molecule is C[C@@H](CC(=O)O)[C@H]1CC[C@H]2[C@H]3C=C[C@H]4C[C@@H](O)CC[C@]4(C)[C@@H]3C[C@@H](O)[C@]12C. The van der Waals surface area contributed by atoms with Gasteiger partial charge in [0.2, 0.25) is 0 Å². The number of carboxylic acid groups (broad SMARTS) is 1. The van der Waals surface area contributed by atoms with E-state index in [9.17, 15) is 20.1 Å². The van der Waals surface area contributed by atoms with Crippen molar-refractivity contribution >= 4 is 5.97 Å². The molecule has 0 aromatic rings. The van der Waals surface area contributed by atoms with E-state index in [1.807, 2.05) is 0 Å². The molecule has 0 aromatic carbocycles. The Morgan fingerprint density at radius 3 is 2.56 bits per heavy atom. The second kappa shape index (κ2) is 6.59. The summed E-state index contributed by atoms with van der Waals surface area (Å²) < 4.78 is 0. The molecule has 4 aliphatic rings. The number of aliphatic hydroxyl groups excluding tert-OH is 2. The molecule has 10 atom stereocenters. The number of allylic oxidation sites excluding steroid dienone is 2. The molecule has 0 radical (unpaired) electrons. The average molecular weight is 377 g/mol. The Balaban J connectivity index is 1.64. The second-order valence-corrected chi connectivity index (χ2v) is 10.6. The highest BCUT2D eigenvalue weighted by atomic mass is 16.4. The van der Waals surface area contributed by atoms with E-state index < -0.39 is 5.97 Å². The Hall–Kier alpha value is -0.870. The monoisotopic (exact) mass is 376 g/mol. The van der Waals surface area contributed by atoms with Crippen LogP contribution in [0, 0.1) is 46.3 Å². The molecule has 0 aliphatic heterocycles. The zero-order chi connectivity index (χ0) is 19.6. The van der Waals surface area contributed by atoms with Crippen molar-refractivity contribution in [1.29, 1.82) is 0 Å². The van der Waals surface area contributed by atoms with Crippen LogP contribution in [-0.2, 0) is 4.79 Å². The first kappa shape index (κ1) is 19.4. The Morgan fingerprint density at radius 1 is 1.11 bits per heavy atom. The summed E-state index contributed by atoms with van der Waals surface area (Å²) in [6.07, 6.45) is 10.2. The fourth-order valence-corrected chi connectivity index (χ4v) is 7.95. The average Bonchev–Trinajstić information content (AvgIpc) is 2.95. The molecule has 0 unspecified atom stereocenters. The van der Waals surface area contributed by atoms with Crippen LogP contribution in [0.2, 0.25) is 0 Å². The van der Waals surface area contributed by atoms with Gasteiger partial charge in [0.25, 0.3) is 0 Å². The van der Waals surface area contributed by atoms with Gasteiger partial charge in [-0.15, -0.1) is 0 Å². The lowest BCUT2D eigenvalue weighted by Crippen LogP contribution is -2.57. The summed E-state index contributed by atoms with van der Waals surface area (Å²) in [6.45, 7) is 6.68. The quantitative estimate of drug-likeness (QED) is 0.654. The number of carbonyl (C=O) groups is 1. The first-order chi connectivity index (χ1) is 12.7. The molecule has 0 saturated heterocycles. The fourth-order valence-electron chi connectivity index (χ4n) is 7.95. The van der Waals surface area contributed by atoms with Gasteiger partial charge in [0.05, 0.1) is 12.2 Å². The first-order valence-corrected chi connectivity index (χ1v) is 10.9. The number of carboxylic acids is 1. The van der Waals surface area contributed by atoms with Crippen LogP contribution in [0.3, 0.4) is 0 Å². The number of fused-ring (bicyclic) bond motifs is 5. The van der Waals surface area contributed by atoms with Crippen molar-refractivity contribution in [3.8, 4) is 0 Å². The maximum absolute atomic E-state index is 11.4. The van der Waals surface area contributed by atoms with E-state index in [-0.39, 0.29) is 41.3 Å². The van der Waals surface area contributed by atoms with E-state index in [0.717, 1.165) is 38.5 Å². The molecule has 3 N–H and O–H groups in total. The molecule has 4 nitrogen and oxygen atoms in total. The first-order valence-electron chi connectivity index (χ1n) is 10.9. The van der Waals surface area contributed by atoms with Gasteiger partial charge in [-0.3, -0.25) is 4.79 Å². The lowest BCUT2D eigenvalue weighted by atomic mass is 9.45. The lowest BCUT2D eigenvalue weighted by Gasteiger charge is -2.60.